The third-order valence-corrected chi connectivity index (χ3v) is 6.96. The maximum atomic E-state index is 6.52. The first-order valence-corrected chi connectivity index (χ1v) is 12.1. The molecule has 3 heterocycles. The minimum Gasteiger partial charge on any atom is -0.420 e. The zero-order valence-electron chi connectivity index (χ0n) is 17.3. The minimum absolute atomic E-state index is 0.430. The lowest BCUT2D eigenvalue weighted by molar-refractivity contribution is 0.528. The van der Waals surface area contributed by atoms with E-state index in [-0.39, 0.29) is 0 Å². The Morgan fingerprint density at radius 2 is 1.79 bits per heavy atom. The molecule has 33 heavy (non-hydrogen) atoms. The van der Waals surface area contributed by atoms with Gasteiger partial charge in [0.15, 0.2) is 11.0 Å². The number of aryl methyl sites for hydroxylation is 1. The number of aromatic nitrogens is 6. The number of rotatable bonds is 6. The second-order valence-corrected chi connectivity index (χ2v) is 9.29. The van der Waals surface area contributed by atoms with E-state index in [9.17, 15) is 0 Å². The molecular weight excluding hydrogens is 524 g/mol. The highest BCUT2D eigenvalue weighted by molar-refractivity contribution is 9.10. The molecule has 0 aliphatic rings. The van der Waals surface area contributed by atoms with E-state index < -0.39 is 0 Å². The summed E-state index contributed by atoms with van der Waals surface area (Å²) in [5.41, 5.74) is 3.66. The Bertz CT molecular complexity index is 1420. The zero-order valence-corrected chi connectivity index (χ0v) is 20.5. The molecule has 0 saturated heterocycles. The Morgan fingerprint density at radius 1 is 0.970 bits per heavy atom. The van der Waals surface area contributed by atoms with E-state index in [0.717, 1.165) is 26.9 Å². The molecule has 0 aliphatic carbocycles. The van der Waals surface area contributed by atoms with Crippen molar-refractivity contribution in [3.63, 3.8) is 0 Å². The van der Waals surface area contributed by atoms with Crippen molar-refractivity contribution in [1.29, 1.82) is 0 Å². The fourth-order valence-corrected chi connectivity index (χ4v) is 4.56. The van der Waals surface area contributed by atoms with E-state index >= 15 is 0 Å². The molecule has 2 aromatic carbocycles. The van der Waals surface area contributed by atoms with Crippen molar-refractivity contribution in [2.45, 2.75) is 17.8 Å². The van der Waals surface area contributed by atoms with Gasteiger partial charge in [-0.1, -0.05) is 57.5 Å². The van der Waals surface area contributed by atoms with Crippen LogP contribution < -0.4 is 0 Å². The van der Waals surface area contributed by atoms with Gasteiger partial charge in [0.05, 0.1) is 16.5 Å². The van der Waals surface area contributed by atoms with E-state index in [2.05, 4.69) is 41.3 Å². The molecule has 0 unspecified atom stereocenters. The normalized spacial score (nSPS) is 11.1. The number of para-hydroxylation sites is 1. The number of thioether (sulfide) groups is 1. The number of benzene rings is 2. The summed E-state index contributed by atoms with van der Waals surface area (Å²) in [6.07, 6.45) is 3.44. The Hall–Kier alpha value is -3.01. The van der Waals surface area contributed by atoms with Crippen LogP contribution in [0.4, 0.5) is 0 Å². The number of halogens is 2. The molecule has 7 nitrogen and oxygen atoms in total. The molecule has 164 valence electrons. The van der Waals surface area contributed by atoms with Gasteiger partial charge >= 0.3 is 0 Å². The van der Waals surface area contributed by atoms with Crippen LogP contribution in [-0.2, 0) is 5.75 Å². The van der Waals surface area contributed by atoms with Crippen molar-refractivity contribution in [2.24, 2.45) is 0 Å². The molecule has 0 atom stereocenters. The van der Waals surface area contributed by atoms with Crippen molar-refractivity contribution in [1.82, 2.24) is 29.9 Å². The quantitative estimate of drug-likeness (QED) is 0.231. The van der Waals surface area contributed by atoms with Gasteiger partial charge in [0, 0.05) is 28.0 Å². The summed E-state index contributed by atoms with van der Waals surface area (Å²) < 4.78 is 8.81. The second kappa shape index (κ2) is 9.46. The molecule has 0 radical (unpaired) electrons. The van der Waals surface area contributed by atoms with Gasteiger partial charge in [-0.3, -0.25) is 9.55 Å². The van der Waals surface area contributed by atoms with Gasteiger partial charge in [-0.05, 0) is 48.9 Å². The van der Waals surface area contributed by atoms with E-state index in [1.54, 1.807) is 12.4 Å². The van der Waals surface area contributed by atoms with Crippen molar-refractivity contribution < 1.29 is 4.42 Å². The average Bonchev–Trinajstić information content (AvgIpc) is 3.48. The number of nitrogens with zero attached hydrogens (tertiary/aromatic N) is 6. The molecule has 0 spiro atoms. The van der Waals surface area contributed by atoms with Crippen LogP contribution in [0.5, 0.6) is 0 Å². The van der Waals surface area contributed by atoms with Gasteiger partial charge in [0.25, 0.3) is 0 Å². The molecule has 0 saturated carbocycles. The van der Waals surface area contributed by atoms with Crippen LogP contribution in [0.15, 0.2) is 81.0 Å². The van der Waals surface area contributed by atoms with E-state index in [4.69, 9.17) is 16.0 Å². The molecule has 0 fully saturated rings. The van der Waals surface area contributed by atoms with Gasteiger partial charge in [0.1, 0.15) is 0 Å². The standard InChI is InChI=1S/C23H16BrClN6OS/c1-14-6-7-16(12-17(14)24)22-29-27-20(32-22)13-33-23-30-28-21(15-8-10-26-11-9-15)31(23)19-5-3-2-4-18(19)25/h2-12H,13H2,1H3. The first kappa shape index (κ1) is 21.8. The first-order chi connectivity index (χ1) is 16.1. The summed E-state index contributed by atoms with van der Waals surface area (Å²) in [4.78, 5) is 4.09. The lowest BCUT2D eigenvalue weighted by Crippen LogP contribution is -2.00. The number of hydrogen-bond donors (Lipinski definition) is 0. The van der Waals surface area contributed by atoms with Crippen LogP contribution in [0.1, 0.15) is 11.5 Å². The minimum atomic E-state index is 0.430. The zero-order chi connectivity index (χ0) is 22.8. The maximum absolute atomic E-state index is 6.52. The lowest BCUT2D eigenvalue weighted by Gasteiger charge is -2.11. The molecule has 0 amide bonds. The van der Waals surface area contributed by atoms with Crippen molar-refractivity contribution in [3.05, 3.63) is 87.9 Å². The summed E-state index contributed by atoms with van der Waals surface area (Å²) in [5.74, 6) is 2.06. The Morgan fingerprint density at radius 3 is 2.58 bits per heavy atom. The molecule has 3 aromatic heterocycles. The van der Waals surface area contributed by atoms with Crippen molar-refractivity contribution >= 4 is 39.3 Å². The molecule has 0 N–H and O–H groups in total. The monoisotopic (exact) mass is 538 g/mol. The van der Waals surface area contributed by atoms with Crippen LogP contribution in [0.3, 0.4) is 0 Å². The predicted octanol–water partition coefficient (Wildman–Crippen LogP) is 6.40. The highest BCUT2D eigenvalue weighted by atomic mass is 79.9. The Balaban J connectivity index is 1.45. The average molecular weight is 540 g/mol. The van der Waals surface area contributed by atoms with Crippen LogP contribution in [-0.4, -0.2) is 29.9 Å². The van der Waals surface area contributed by atoms with Gasteiger partial charge in [-0.2, -0.15) is 0 Å². The van der Waals surface area contributed by atoms with Gasteiger partial charge in [-0.15, -0.1) is 20.4 Å². The molecule has 5 aromatic rings. The third kappa shape index (κ3) is 4.57. The summed E-state index contributed by atoms with van der Waals surface area (Å²) in [7, 11) is 0. The lowest BCUT2D eigenvalue weighted by atomic mass is 10.1. The summed E-state index contributed by atoms with van der Waals surface area (Å²) >= 11 is 11.5. The van der Waals surface area contributed by atoms with Crippen molar-refractivity contribution in [3.8, 4) is 28.5 Å². The van der Waals surface area contributed by atoms with E-state index in [0.29, 0.717) is 33.5 Å². The highest BCUT2D eigenvalue weighted by Crippen LogP contribution is 2.33. The fraction of sp³-hybridized carbons (Fsp3) is 0.0870. The Kier molecular flexibility index (Phi) is 6.26. The first-order valence-electron chi connectivity index (χ1n) is 9.92. The molecule has 10 heteroatoms. The maximum Gasteiger partial charge on any atom is 0.247 e. The van der Waals surface area contributed by atoms with Gasteiger partial charge < -0.3 is 4.42 Å². The molecular formula is C23H16BrClN6OS. The Labute approximate surface area is 207 Å². The highest BCUT2D eigenvalue weighted by Gasteiger charge is 2.19. The summed E-state index contributed by atoms with van der Waals surface area (Å²) in [6, 6.07) is 17.3. The summed E-state index contributed by atoms with van der Waals surface area (Å²) in [6.45, 7) is 2.03. The van der Waals surface area contributed by atoms with E-state index in [1.807, 2.05) is 66.1 Å². The van der Waals surface area contributed by atoms with Gasteiger partial charge in [0.2, 0.25) is 11.8 Å². The van der Waals surface area contributed by atoms with E-state index in [1.165, 1.54) is 11.8 Å². The second-order valence-electron chi connectivity index (χ2n) is 7.08. The van der Waals surface area contributed by atoms with Crippen LogP contribution >= 0.6 is 39.3 Å². The smallest absolute Gasteiger partial charge is 0.247 e. The van der Waals surface area contributed by atoms with Crippen molar-refractivity contribution in [2.75, 3.05) is 0 Å². The molecule has 0 bridgehead atoms. The SMILES string of the molecule is Cc1ccc(-c2nnc(CSc3nnc(-c4ccncc4)n3-c3ccccc3Cl)o2)cc1Br. The third-order valence-electron chi connectivity index (χ3n) is 4.88. The number of hydrogen-bond acceptors (Lipinski definition) is 7. The molecule has 0 aliphatic heterocycles. The largest absolute Gasteiger partial charge is 0.420 e. The van der Waals surface area contributed by atoms with Crippen LogP contribution in [0.25, 0.3) is 28.5 Å². The predicted molar refractivity (Wildman–Crippen MR) is 131 cm³/mol. The van der Waals surface area contributed by atoms with Gasteiger partial charge in [-0.25, -0.2) is 0 Å². The van der Waals surface area contributed by atoms with Crippen LogP contribution in [0.2, 0.25) is 5.02 Å². The molecule has 5 rings (SSSR count). The topological polar surface area (TPSA) is 82.5 Å². The number of pyridine rings is 1. The fourth-order valence-electron chi connectivity index (χ4n) is 3.18. The van der Waals surface area contributed by atoms with Crippen LogP contribution in [0, 0.1) is 6.92 Å². The summed E-state index contributed by atoms with van der Waals surface area (Å²) in [5, 5.41) is 18.5.